The Labute approximate surface area is 123 Å². The second-order valence-electron chi connectivity index (χ2n) is 4.59. The maximum absolute atomic E-state index is 12.4. The first-order valence-electron chi connectivity index (χ1n) is 6.42. The van der Waals surface area contributed by atoms with Crippen LogP contribution in [0.25, 0.3) is 10.9 Å². The van der Waals surface area contributed by atoms with Gasteiger partial charge in [0.1, 0.15) is 5.82 Å². The molecular formula is C15H11F3N4. The smallest absolute Gasteiger partial charge is 0.361 e. The number of rotatable bonds is 3. The van der Waals surface area contributed by atoms with Crippen LogP contribution in [-0.4, -0.2) is 16.2 Å². The second kappa shape index (κ2) is 5.51. The Morgan fingerprint density at radius 2 is 1.95 bits per heavy atom. The third-order valence-corrected chi connectivity index (χ3v) is 3.09. The van der Waals surface area contributed by atoms with Gasteiger partial charge in [0.25, 0.3) is 0 Å². The lowest BCUT2D eigenvalue weighted by Crippen LogP contribution is -2.05. The maximum atomic E-state index is 12.4. The first-order valence-corrected chi connectivity index (χ1v) is 6.42. The minimum Gasteiger partial charge on any atom is -0.361 e. The molecule has 0 aliphatic rings. The molecule has 0 aliphatic carbocycles. The first-order chi connectivity index (χ1) is 10.5. The summed E-state index contributed by atoms with van der Waals surface area (Å²) in [5, 5.41) is 5.00. The molecule has 0 unspecified atom stereocenters. The Kier molecular flexibility index (Phi) is 3.54. The number of pyridine rings is 1. The fourth-order valence-corrected chi connectivity index (χ4v) is 2.00. The Morgan fingerprint density at radius 3 is 2.68 bits per heavy atom. The minimum absolute atomic E-state index is 0.240. The number of hydrazone groups is 1. The van der Waals surface area contributed by atoms with Gasteiger partial charge in [-0.1, -0.05) is 18.2 Å². The normalized spacial score (nSPS) is 12.1. The summed E-state index contributed by atoms with van der Waals surface area (Å²) in [6, 6.07) is 9.91. The van der Waals surface area contributed by atoms with Crippen molar-refractivity contribution in [3.8, 4) is 0 Å². The van der Waals surface area contributed by atoms with Gasteiger partial charge in [0.15, 0.2) is 0 Å². The summed E-state index contributed by atoms with van der Waals surface area (Å²) < 4.78 is 37.2. The van der Waals surface area contributed by atoms with Gasteiger partial charge in [-0.05, 0) is 18.2 Å². The zero-order chi connectivity index (χ0) is 15.6. The molecule has 0 saturated carbocycles. The Bertz CT molecular complexity index is 804. The molecule has 2 aromatic heterocycles. The van der Waals surface area contributed by atoms with Crippen molar-refractivity contribution in [1.82, 2.24) is 9.97 Å². The number of aromatic amines is 1. The van der Waals surface area contributed by atoms with E-state index in [0.717, 1.165) is 28.7 Å². The van der Waals surface area contributed by atoms with Gasteiger partial charge in [-0.25, -0.2) is 4.98 Å². The molecule has 3 rings (SSSR count). The number of fused-ring (bicyclic) bond motifs is 1. The number of hydrogen-bond donors (Lipinski definition) is 2. The van der Waals surface area contributed by atoms with E-state index in [-0.39, 0.29) is 5.82 Å². The van der Waals surface area contributed by atoms with Crippen molar-refractivity contribution >= 4 is 22.9 Å². The largest absolute Gasteiger partial charge is 0.417 e. The lowest BCUT2D eigenvalue weighted by molar-refractivity contribution is -0.137. The molecule has 1 aromatic carbocycles. The fourth-order valence-electron chi connectivity index (χ4n) is 2.00. The number of nitrogens with one attached hydrogen (secondary N) is 2. The highest BCUT2D eigenvalue weighted by atomic mass is 19.4. The van der Waals surface area contributed by atoms with Gasteiger partial charge in [-0.2, -0.15) is 18.3 Å². The number of H-pyrrole nitrogens is 1. The van der Waals surface area contributed by atoms with Crippen LogP contribution in [0.2, 0.25) is 0 Å². The first kappa shape index (κ1) is 14.1. The molecule has 7 heteroatoms. The molecule has 0 bridgehead atoms. The van der Waals surface area contributed by atoms with Crippen LogP contribution in [0.15, 0.2) is 53.9 Å². The quantitative estimate of drug-likeness (QED) is 0.567. The van der Waals surface area contributed by atoms with E-state index in [1.807, 2.05) is 24.3 Å². The van der Waals surface area contributed by atoms with Crippen molar-refractivity contribution in [2.24, 2.45) is 5.10 Å². The summed E-state index contributed by atoms with van der Waals surface area (Å²) in [7, 11) is 0. The SMILES string of the molecule is FC(F)(F)c1ccc(N/N=C\c2c[nH]c3ccccc23)nc1. The van der Waals surface area contributed by atoms with Gasteiger partial charge in [0.05, 0.1) is 11.8 Å². The van der Waals surface area contributed by atoms with E-state index in [0.29, 0.717) is 0 Å². The number of nitrogens with zero attached hydrogens (tertiary/aromatic N) is 2. The van der Waals surface area contributed by atoms with Crippen LogP contribution >= 0.6 is 0 Å². The van der Waals surface area contributed by atoms with Crippen LogP contribution in [0.4, 0.5) is 19.0 Å². The van der Waals surface area contributed by atoms with Crippen LogP contribution < -0.4 is 5.43 Å². The molecule has 0 aliphatic heterocycles. The highest BCUT2D eigenvalue weighted by Gasteiger charge is 2.30. The van der Waals surface area contributed by atoms with E-state index in [1.54, 1.807) is 12.4 Å². The summed E-state index contributed by atoms with van der Waals surface area (Å²) in [5.74, 6) is 0.240. The zero-order valence-corrected chi connectivity index (χ0v) is 11.2. The van der Waals surface area contributed by atoms with Crippen molar-refractivity contribution in [1.29, 1.82) is 0 Å². The summed E-state index contributed by atoms with van der Waals surface area (Å²) in [5.41, 5.74) is 3.66. The van der Waals surface area contributed by atoms with E-state index in [9.17, 15) is 13.2 Å². The van der Waals surface area contributed by atoms with Crippen molar-refractivity contribution < 1.29 is 13.2 Å². The molecule has 0 atom stereocenters. The topological polar surface area (TPSA) is 53.1 Å². The fraction of sp³-hybridized carbons (Fsp3) is 0.0667. The van der Waals surface area contributed by atoms with E-state index >= 15 is 0 Å². The lowest BCUT2D eigenvalue weighted by atomic mass is 10.2. The molecule has 2 heterocycles. The molecule has 0 fully saturated rings. The van der Waals surface area contributed by atoms with Crippen molar-refractivity contribution in [2.45, 2.75) is 6.18 Å². The number of anilines is 1. The van der Waals surface area contributed by atoms with Crippen LogP contribution in [0, 0.1) is 0 Å². The number of benzene rings is 1. The number of alkyl halides is 3. The maximum Gasteiger partial charge on any atom is 0.417 e. The number of para-hydroxylation sites is 1. The Hall–Kier alpha value is -2.83. The van der Waals surface area contributed by atoms with E-state index in [4.69, 9.17) is 0 Å². The van der Waals surface area contributed by atoms with Gasteiger partial charge in [0, 0.05) is 28.9 Å². The van der Waals surface area contributed by atoms with E-state index < -0.39 is 11.7 Å². The average Bonchev–Trinajstić information content (AvgIpc) is 2.90. The molecule has 22 heavy (non-hydrogen) atoms. The van der Waals surface area contributed by atoms with Crippen LogP contribution in [-0.2, 0) is 6.18 Å². The van der Waals surface area contributed by atoms with Gasteiger partial charge in [0.2, 0.25) is 0 Å². The number of hydrogen-bond acceptors (Lipinski definition) is 3. The van der Waals surface area contributed by atoms with Gasteiger partial charge in [-0.15, -0.1) is 0 Å². The molecule has 2 N–H and O–H groups in total. The average molecular weight is 304 g/mol. The number of aromatic nitrogens is 2. The molecule has 0 radical (unpaired) electrons. The van der Waals surface area contributed by atoms with Crippen LogP contribution in [0.5, 0.6) is 0 Å². The summed E-state index contributed by atoms with van der Waals surface area (Å²) >= 11 is 0. The molecular weight excluding hydrogens is 293 g/mol. The highest BCUT2D eigenvalue weighted by Crippen LogP contribution is 2.28. The summed E-state index contributed by atoms with van der Waals surface area (Å²) in [6.45, 7) is 0. The molecule has 0 spiro atoms. The lowest BCUT2D eigenvalue weighted by Gasteiger charge is -2.06. The van der Waals surface area contributed by atoms with Crippen molar-refractivity contribution in [3.05, 3.63) is 59.9 Å². The minimum atomic E-state index is -4.39. The molecule has 3 aromatic rings. The van der Waals surface area contributed by atoms with Crippen molar-refractivity contribution in [3.63, 3.8) is 0 Å². The van der Waals surface area contributed by atoms with Gasteiger partial charge < -0.3 is 4.98 Å². The van der Waals surface area contributed by atoms with Gasteiger partial charge in [-0.3, -0.25) is 5.43 Å². The zero-order valence-electron chi connectivity index (χ0n) is 11.2. The standard InChI is InChI=1S/C15H11F3N4/c16-15(17,18)11-5-6-14(20-9-11)22-21-8-10-7-19-13-4-2-1-3-12(10)13/h1-9,19H,(H,20,22)/b21-8-. The summed E-state index contributed by atoms with van der Waals surface area (Å²) in [4.78, 5) is 6.77. The monoisotopic (exact) mass is 304 g/mol. The molecule has 4 nitrogen and oxygen atoms in total. The third-order valence-electron chi connectivity index (χ3n) is 3.09. The van der Waals surface area contributed by atoms with Crippen LogP contribution in [0.3, 0.4) is 0 Å². The molecule has 0 amide bonds. The number of halogens is 3. The Morgan fingerprint density at radius 1 is 1.14 bits per heavy atom. The van der Waals surface area contributed by atoms with Crippen LogP contribution in [0.1, 0.15) is 11.1 Å². The molecule has 0 saturated heterocycles. The predicted molar refractivity (Wildman–Crippen MR) is 78.8 cm³/mol. The molecule has 112 valence electrons. The third kappa shape index (κ3) is 2.93. The van der Waals surface area contributed by atoms with E-state index in [2.05, 4.69) is 20.5 Å². The van der Waals surface area contributed by atoms with E-state index in [1.165, 1.54) is 6.07 Å². The predicted octanol–water partition coefficient (Wildman–Crippen LogP) is 4.03. The Balaban J connectivity index is 1.72. The highest BCUT2D eigenvalue weighted by molar-refractivity contribution is 5.99. The summed E-state index contributed by atoms with van der Waals surface area (Å²) in [6.07, 6.45) is -0.239. The van der Waals surface area contributed by atoms with Gasteiger partial charge >= 0.3 is 6.18 Å². The van der Waals surface area contributed by atoms with Crippen molar-refractivity contribution in [2.75, 3.05) is 5.43 Å². The second-order valence-corrected chi connectivity index (χ2v) is 4.59.